The first-order valence-corrected chi connectivity index (χ1v) is 13.4. The minimum absolute atomic E-state index is 0.0253. The molecule has 0 spiro atoms. The van der Waals surface area contributed by atoms with Crippen molar-refractivity contribution in [2.75, 3.05) is 0 Å². The van der Waals surface area contributed by atoms with Crippen molar-refractivity contribution in [2.24, 2.45) is 0 Å². The lowest BCUT2D eigenvalue weighted by Gasteiger charge is -2.19. The molecule has 5 rings (SSSR count). The standard InChI is InChI=1S/C29H22ClF2N3O4S/c1-2-29(31,32)23-13-22(30)9-8-20(23)16-35-24-10-5-18(11-21(24)14-33-35)12-25-26(36)34(28(39)40-25)15-17-3-6-19(7-4-17)27(37)38/h3-14H,2,15-16H2,1H3,(H,37,38). The van der Waals surface area contributed by atoms with Gasteiger partial charge in [-0.1, -0.05) is 42.8 Å². The fourth-order valence-corrected chi connectivity index (χ4v) is 5.43. The van der Waals surface area contributed by atoms with Crippen LogP contribution in [0, 0.1) is 0 Å². The Morgan fingerprint density at radius 2 is 1.82 bits per heavy atom. The van der Waals surface area contributed by atoms with Crippen LogP contribution in [0.4, 0.5) is 13.6 Å². The van der Waals surface area contributed by atoms with Crippen LogP contribution in [0.5, 0.6) is 0 Å². The van der Waals surface area contributed by atoms with E-state index in [1.165, 1.54) is 25.1 Å². The molecule has 7 nitrogen and oxygen atoms in total. The Bertz CT molecular complexity index is 1680. The molecule has 0 unspecified atom stereocenters. The van der Waals surface area contributed by atoms with Crippen LogP contribution in [-0.2, 0) is 23.8 Å². The number of alkyl halides is 2. The van der Waals surface area contributed by atoms with Crippen LogP contribution in [0.3, 0.4) is 0 Å². The molecule has 40 heavy (non-hydrogen) atoms. The van der Waals surface area contributed by atoms with Crippen molar-refractivity contribution >= 4 is 57.5 Å². The average molecular weight is 582 g/mol. The number of halogens is 3. The molecular weight excluding hydrogens is 560 g/mol. The molecular formula is C29H22ClF2N3O4S. The van der Waals surface area contributed by atoms with Crippen molar-refractivity contribution in [1.29, 1.82) is 0 Å². The molecule has 0 bridgehead atoms. The third-order valence-electron chi connectivity index (χ3n) is 6.61. The lowest BCUT2D eigenvalue weighted by atomic mass is 9.99. The van der Waals surface area contributed by atoms with Gasteiger partial charge >= 0.3 is 5.97 Å². The number of rotatable bonds is 8. The molecule has 0 radical (unpaired) electrons. The molecule has 1 aliphatic rings. The van der Waals surface area contributed by atoms with Gasteiger partial charge in [0.1, 0.15) is 0 Å². The Kier molecular flexibility index (Phi) is 7.48. The zero-order valence-electron chi connectivity index (χ0n) is 21.1. The van der Waals surface area contributed by atoms with Crippen molar-refractivity contribution in [2.45, 2.75) is 32.4 Å². The van der Waals surface area contributed by atoms with E-state index in [2.05, 4.69) is 5.10 Å². The van der Waals surface area contributed by atoms with Crippen molar-refractivity contribution < 1.29 is 28.3 Å². The Morgan fingerprint density at radius 3 is 2.52 bits per heavy atom. The quantitative estimate of drug-likeness (QED) is 0.222. The third kappa shape index (κ3) is 5.50. The van der Waals surface area contributed by atoms with Gasteiger partial charge in [-0.25, -0.2) is 13.6 Å². The van der Waals surface area contributed by atoms with Crippen LogP contribution in [0.25, 0.3) is 17.0 Å². The predicted octanol–water partition coefficient (Wildman–Crippen LogP) is 7.17. The predicted molar refractivity (Wildman–Crippen MR) is 149 cm³/mol. The first-order chi connectivity index (χ1) is 19.1. The maximum absolute atomic E-state index is 14.6. The summed E-state index contributed by atoms with van der Waals surface area (Å²) in [6, 6.07) is 15.8. The number of carbonyl (C=O) groups is 3. The number of carboxylic acids is 1. The lowest BCUT2D eigenvalue weighted by Crippen LogP contribution is -2.27. The zero-order chi connectivity index (χ0) is 28.6. The van der Waals surface area contributed by atoms with Crippen LogP contribution < -0.4 is 0 Å². The van der Waals surface area contributed by atoms with E-state index in [0.29, 0.717) is 16.7 Å². The topological polar surface area (TPSA) is 92.5 Å². The Balaban J connectivity index is 1.36. The van der Waals surface area contributed by atoms with Gasteiger partial charge in [0.05, 0.1) is 35.3 Å². The van der Waals surface area contributed by atoms with E-state index in [1.54, 1.807) is 59.4 Å². The molecule has 204 valence electrons. The van der Waals surface area contributed by atoms with Gasteiger partial charge in [0.25, 0.3) is 17.1 Å². The highest BCUT2D eigenvalue weighted by atomic mass is 35.5. The highest BCUT2D eigenvalue weighted by Crippen LogP contribution is 2.36. The van der Waals surface area contributed by atoms with Gasteiger partial charge in [-0.2, -0.15) is 5.10 Å². The molecule has 1 aliphatic heterocycles. The van der Waals surface area contributed by atoms with Crippen LogP contribution in [0.15, 0.2) is 71.8 Å². The van der Waals surface area contributed by atoms with Gasteiger partial charge in [-0.15, -0.1) is 0 Å². The number of aromatic carboxylic acids is 1. The van der Waals surface area contributed by atoms with E-state index in [1.807, 2.05) is 0 Å². The van der Waals surface area contributed by atoms with Crippen LogP contribution in [-0.4, -0.2) is 36.9 Å². The summed E-state index contributed by atoms with van der Waals surface area (Å²) in [7, 11) is 0. The fourth-order valence-electron chi connectivity index (χ4n) is 4.42. The van der Waals surface area contributed by atoms with E-state index in [9.17, 15) is 23.2 Å². The van der Waals surface area contributed by atoms with Gasteiger partial charge in [0.15, 0.2) is 0 Å². The minimum Gasteiger partial charge on any atom is -0.478 e. The van der Waals surface area contributed by atoms with Gasteiger partial charge in [-0.05, 0) is 70.9 Å². The average Bonchev–Trinajstić information content (AvgIpc) is 3.44. The number of thioether (sulfide) groups is 1. The molecule has 2 heterocycles. The van der Waals surface area contributed by atoms with E-state index < -0.39 is 23.0 Å². The number of amides is 2. The fraction of sp³-hybridized carbons (Fsp3) is 0.172. The molecule has 1 fully saturated rings. The van der Waals surface area contributed by atoms with Crippen LogP contribution in [0.1, 0.15) is 46.0 Å². The Hall–Kier alpha value is -4.02. The number of carbonyl (C=O) groups excluding carboxylic acids is 2. The summed E-state index contributed by atoms with van der Waals surface area (Å²) in [5.74, 6) is -4.53. The van der Waals surface area contributed by atoms with E-state index >= 15 is 0 Å². The van der Waals surface area contributed by atoms with Gasteiger partial charge in [0.2, 0.25) is 0 Å². The number of hydrogen-bond donors (Lipinski definition) is 1. The molecule has 1 aromatic heterocycles. The van der Waals surface area contributed by atoms with Crippen LogP contribution >= 0.6 is 23.4 Å². The normalized spacial score (nSPS) is 15.0. The van der Waals surface area contributed by atoms with Crippen LogP contribution in [0.2, 0.25) is 5.02 Å². The third-order valence-corrected chi connectivity index (χ3v) is 7.75. The monoisotopic (exact) mass is 581 g/mol. The summed E-state index contributed by atoms with van der Waals surface area (Å²) in [6.45, 7) is 1.57. The summed E-state index contributed by atoms with van der Waals surface area (Å²) in [5, 5.41) is 14.0. The molecule has 0 atom stereocenters. The Labute approximate surface area is 237 Å². The van der Waals surface area contributed by atoms with Crippen molar-refractivity contribution in [1.82, 2.24) is 14.7 Å². The maximum atomic E-state index is 14.6. The smallest absolute Gasteiger partial charge is 0.335 e. The SMILES string of the molecule is CCC(F)(F)c1cc(Cl)ccc1Cn1ncc2cc(C=C3SC(=O)N(Cc4ccc(C(=O)O)cc4)C3=O)ccc21. The number of imide groups is 1. The van der Waals surface area contributed by atoms with E-state index in [-0.39, 0.29) is 40.6 Å². The van der Waals surface area contributed by atoms with Crippen molar-refractivity contribution in [3.05, 3.63) is 105 Å². The van der Waals surface area contributed by atoms with Crippen molar-refractivity contribution in [3.63, 3.8) is 0 Å². The summed E-state index contributed by atoms with van der Waals surface area (Å²) < 4.78 is 30.8. The zero-order valence-corrected chi connectivity index (χ0v) is 22.7. The molecule has 0 aliphatic carbocycles. The highest BCUT2D eigenvalue weighted by molar-refractivity contribution is 8.18. The second kappa shape index (κ2) is 10.9. The summed E-state index contributed by atoms with van der Waals surface area (Å²) in [5.41, 5.74) is 2.42. The largest absolute Gasteiger partial charge is 0.478 e. The van der Waals surface area contributed by atoms with E-state index in [4.69, 9.17) is 16.7 Å². The second-order valence-electron chi connectivity index (χ2n) is 9.25. The van der Waals surface area contributed by atoms with Gasteiger partial charge in [-0.3, -0.25) is 19.2 Å². The first kappa shape index (κ1) is 27.5. The summed E-state index contributed by atoms with van der Waals surface area (Å²) in [4.78, 5) is 37.9. The molecule has 4 aromatic rings. The molecule has 11 heteroatoms. The lowest BCUT2D eigenvalue weighted by molar-refractivity contribution is -0.123. The maximum Gasteiger partial charge on any atom is 0.335 e. The molecule has 1 N–H and O–H groups in total. The molecule has 1 saturated heterocycles. The summed E-state index contributed by atoms with van der Waals surface area (Å²) >= 11 is 6.82. The second-order valence-corrected chi connectivity index (χ2v) is 10.7. The summed E-state index contributed by atoms with van der Waals surface area (Å²) in [6.07, 6.45) is 2.88. The Morgan fingerprint density at radius 1 is 1.07 bits per heavy atom. The van der Waals surface area contributed by atoms with Gasteiger partial charge in [0, 0.05) is 22.4 Å². The number of nitrogens with zero attached hydrogens (tertiary/aromatic N) is 3. The van der Waals surface area contributed by atoms with Crippen molar-refractivity contribution in [3.8, 4) is 0 Å². The first-order valence-electron chi connectivity index (χ1n) is 12.3. The number of carboxylic acid groups (broad SMARTS) is 1. The highest BCUT2D eigenvalue weighted by Gasteiger charge is 2.35. The molecule has 3 aromatic carbocycles. The number of fused-ring (bicyclic) bond motifs is 1. The minimum atomic E-state index is -3.03. The molecule has 2 amide bonds. The number of benzene rings is 3. The molecule has 0 saturated carbocycles. The number of hydrogen-bond acceptors (Lipinski definition) is 5. The number of aromatic nitrogens is 2. The van der Waals surface area contributed by atoms with E-state index in [0.717, 1.165) is 27.6 Å². The van der Waals surface area contributed by atoms with Gasteiger partial charge < -0.3 is 5.11 Å².